The van der Waals surface area contributed by atoms with E-state index in [1.165, 1.54) is 41.4 Å². The zero-order valence-corrected chi connectivity index (χ0v) is 21.2. The second kappa shape index (κ2) is 12.4. The fourth-order valence-electron chi connectivity index (χ4n) is 4.34. The first-order valence-electron chi connectivity index (χ1n) is 12.2. The first-order valence-corrected chi connectivity index (χ1v) is 12.7. The second-order valence-electron chi connectivity index (χ2n) is 9.01. The van der Waals surface area contributed by atoms with Crippen molar-refractivity contribution in [3.63, 3.8) is 0 Å². The maximum Gasteiger partial charge on any atom is 0.170 e. The summed E-state index contributed by atoms with van der Waals surface area (Å²) in [4.78, 5) is 7.41. The molecule has 0 amide bonds. The maximum atomic E-state index is 5.54. The first-order chi connectivity index (χ1) is 15.5. The molecule has 2 aromatic carbocycles. The summed E-state index contributed by atoms with van der Waals surface area (Å²) in [6, 6.07) is 11.2. The van der Waals surface area contributed by atoms with Gasteiger partial charge in [0.2, 0.25) is 0 Å². The van der Waals surface area contributed by atoms with Crippen LogP contribution in [0.5, 0.6) is 0 Å². The zero-order chi connectivity index (χ0) is 22.9. The molecule has 0 spiro atoms. The molecule has 2 N–H and O–H groups in total. The van der Waals surface area contributed by atoms with E-state index in [1.807, 2.05) is 0 Å². The highest BCUT2D eigenvalue weighted by molar-refractivity contribution is 7.80. The van der Waals surface area contributed by atoms with Crippen LogP contribution >= 0.6 is 12.2 Å². The molecule has 1 heterocycles. The Hall–Kier alpha value is -1.89. The molecule has 0 atom stereocenters. The van der Waals surface area contributed by atoms with Crippen LogP contribution in [0.2, 0.25) is 0 Å². The van der Waals surface area contributed by atoms with Crippen LogP contribution in [-0.4, -0.2) is 74.3 Å². The third-order valence-electron chi connectivity index (χ3n) is 6.48. The third kappa shape index (κ3) is 7.06. The number of fused-ring (bicyclic) bond motifs is 1. The van der Waals surface area contributed by atoms with Gasteiger partial charge in [0.15, 0.2) is 5.11 Å². The van der Waals surface area contributed by atoms with Gasteiger partial charge in [-0.15, -0.1) is 0 Å². The predicted molar refractivity (Wildman–Crippen MR) is 144 cm³/mol. The van der Waals surface area contributed by atoms with Crippen LogP contribution in [0.1, 0.15) is 38.7 Å². The van der Waals surface area contributed by atoms with Crippen molar-refractivity contribution in [2.45, 2.75) is 40.0 Å². The Labute approximate surface area is 200 Å². The van der Waals surface area contributed by atoms with Gasteiger partial charge in [0.05, 0.1) is 0 Å². The Morgan fingerprint density at radius 2 is 1.78 bits per heavy atom. The highest BCUT2D eigenvalue weighted by atomic mass is 32.1. The van der Waals surface area contributed by atoms with E-state index in [4.69, 9.17) is 12.2 Å². The van der Waals surface area contributed by atoms with Crippen LogP contribution in [0, 0.1) is 6.92 Å². The fraction of sp³-hybridized carbons (Fsp3) is 0.577. The molecule has 0 bridgehead atoms. The Morgan fingerprint density at radius 1 is 1.03 bits per heavy atom. The number of thiocarbonyl (C=S) groups is 1. The monoisotopic (exact) mass is 455 g/mol. The largest absolute Gasteiger partial charge is 0.369 e. The smallest absolute Gasteiger partial charge is 0.170 e. The minimum Gasteiger partial charge on any atom is -0.369 e. The van der Waals surface area contributed by atoms with Crippen molar-refractivity contribution in [3.8, 4) is 0 Å². The second-order valence-corrected chi connectivity index (χ2v) is 9.42. The lowest BCUT2D eigenvalue weighted by Crippen LogP contribution is -2.44. The molecule has 0 saturated carbocycles. The molecule has 0 aromatic heterocycles. The summed E-state index contributed by atoms with van der Waals surface area (Å²) in [5, 5.41) is 10.0. The lowest BCUT2D eigenvalue weighted by atomic mass is 10.0. The van der Waals surface area contributed by atoms with Gasteiger partial charge in [-0.25, -0.2) is 0 Å². The van der Waals surface area contributed by atoms with E-state index in [-0.39, 0.29) is 0 Å². The van der Waals surface area contributed by atoms with Crippen molar-refractivity contribution in [2.24, 2.45) is 0 Å². The van der Waals surface area contributed by atoms with Crippen LogP contribution in [0.3, 0.4) is 0 Å². The summed E-state index contributed by atoms with van der Waals surface area (Å²) in [7, 11) is 2.20. The van der Waals surface area contributed by atoms with E-state index in [0.717, 1.165) is 57.9 Å². The van der Waals surface area contributed by atoms with Crippen LogP contribution in [0.15, 0.2) is 30.3 Å². The number of hydrogen-bond acceptors (Lipinski definition) is 4. The van der Waals surface area contributed by atoms with Crippen LogP contribution in [-0.2, 0) is 0 Å². The van der Waals surface area contributed by atoms with Crippen molar-refractivity contribution < 1.29 is 0 Å². The molecule has 176 valence electrons. The van der Waals surface area contributed by atoms with Gasteiger partial charge in [0.25, 0.3) is 0 Å². The van der Waals surface area contributed by atoms with Gasteiger partial charge in [0.1, 0.15) is 0 Å². The van der Waals surface area contributed by atoms with Crippen LogP contribution in [0.25, 0.3) is 10.8 Å². The molecule has 6 heteroatoms. The number of nitrogens with zero attached hydrogens (tertiary/aromatic N) is 3. The van der Waals surface area contributed by atoms with Gasteiger partial charge >= 0.3 is 0 Å². The molecule has 0 aliphatic carbocycles. The predicted octanol–water partition coefficient (Wildman–Crippen LogP) is 4.70. The van der Waals surface area contributed by atoms with E-state index in [2.05, 4.69) is 83.5 Å². The van der Waals surface area contributed by atoms with Crippen LogP contribution in [0.4, 0.5) is 11.4 Å². The van der Waals surface area contributed by atoms with E-state index in [1.54, 1.807) is 0 Å². The molecule has 1 fully saturated rings. The standard InChI is InChI=1S/C26H41N5S/c1-5-7-12-30(6-2)13-8-11-27-26(32)28-23-10-9-22-19-24(18-21(3)25(22)20-23)31-16-14-29(4)15-17-31/h9-10,18-20H,5-8,11-17H2,1-4H3,(H2,27,28,32). The number of nitrogens with one attached hydrogen (secondary N) is 2. The van der Waals surface area contributed by atoms with Crippen molar-refractivity contribution in [3.05, 3.63) is 35.9 Å². The zero-order valence-electron chi connectivity index (χ0n) is 20.4. The summed E-state index contributed by atoms with van der Waals surface area (Å²) in [5.41, 5.74) is 3.69. The molecular formula is C26H41N5S. The van der Waals surface area contributed by atoms with E-state index < -0.39 is 0 Å². The molecule has 1 aliphatic rings. The van der Waals surface area contributed by atoms with Gasteiger partial charge in [-0.1, -0.05) is 26.3 Å². The summed E-state index contributed by atoms with van der Waals surface area (Å²) < 4.78 is 0. The Morgan fingerprint density at radius 3 is 2.50 bits per heavy atom. The topological polar surface area (TPSA) is 33.8 Å². The Bertz CT molecular complexity index is 876. The summed E-state index contributed by atoms with van der Waals surface area (Å²) in [6.07, 6.45) is 3.63. The summed E-state index contributed by atoms with van der Waals surface area (Å²) in [6.45, 7) is 15.5. The third-order valence-corrected chi connectivity index (χ3v) is 6.73. The first kappa shape index (κ1) is 24.7. The molecule has 0 radical (unpaired) electrons. The van der Waals surface area contributed by atoms with Crippen molar-refractivity contribution in [2.75, 3.05) is 69.6 Å². The normalized spacial score (nSPS) is 14.8. The van der Waals surface area contributed by atoms with Gasteiger partial charge in [-0.3, -0.25) is 0 Å². The van der Waals surface area contributed by atoms with E-state index >= 15 is 0 Å². The summed E-state index contributed by atoms with van der Waals surface area (Å²) in [5.74, 6) is 0. The molecule has 2 aromatic rings. The minimum atomic E-state index is 0.702. The average Bonchev–Trinajstić information content (AvgIpc) is 2.79. The number of anilines is 2. The Balaban J connectivity index is 1.53. The fourth-order valence-corrected chi connectivity index (χ4v) is 4.56. The number of hydrogen-bond donors (Lipinski definition) is 2. The lowest BCUT2D eigenvalue weighted by Gasteiger charge is -2.34. The summed E-state index contributed by atoms with van der Waals surface area (Å²) >= 11 is 5.54. The molecule has 1 saturated heterocycles. The molecular weight excluding hydrogens is 414 g/mol. The van der Waals surface area contributed by atoms with Crippen molar-refractivity contribution in [1.29, 1.82) is 0 Å². The highest BCUT2D eigenvalue weighted by Gasteiger charge is 2.15. The van der Waals surface area contributed by atoms with Crippen molar-refractivity contribution in [1.82, 2.24) is 15.1 Å². The number of piperazine rings is 1. The van der Waals surface area contributed by atoms with E-state index in [0.29, 0.717) is 5.11 Å². The molecule has 5 nitrogen and oxygen atoms in total. The average molecular weight is 456 g/mol. The van der Waals surface area contributed by atoms with Gasteiger partial charge < -0.3 is 25.3 Å². The number of rotatable bonds is 10. The minimum absolute atomic E-state index is 0.702. The number of likely N-dealkylation sites (N-methyl/N-ethyl adjacent to an activating group) is 1. The van der Waals surface area contributed by atoms with Gasteiger partial charge in [-0.2, -0.15) is 0 Å². The molecule has 3 rings (SSSR count). The van der Waals surface area contributed by atoms with Crippen LogP contribution < -0.4 is 15.5 Å². The molecule has 1 aliphatic heterocycles. The number of aryl methyl sites for hydroxylation is 1. The van der Waals surface area contributed by atoms with Gasteiger partial charge in [0, 0.05) is 44.1 Å². The SMILES string of the molecule is CCCCN(CC)CCCNC(=S)Nc1ccc2cc(N3CCN(C)CC3)cc(C)c2c1. The number of unbranched alkanes of at least 4 members (excludes halogenated alkanes) is 1. The molecule has 0 unspecified atom stereocenters. The quantitative estimate of drug-likeness (QED) is 0.399. The van der Waals surface area contributed by atoms with E-state index in [9.17, 15) is 0 Å². The maximum absolute atomic E-state index is 5.54. The lowest BCUT2D eigenvalue weighted by molar-refractivity contribution is 0.280. The highest BCUT2D eigenvalue weighted by Crippen LogP contribution is 2.29. The van der Waals surface area contributed by atoms with Crippen molar-refractivity contribution >= 4 is 39.5 Å². The Kier molecular flexibility index (Phi) is 9.57. The molecule has 32 heavy (non-hydrogen) atoms. The number of benzene rings is 2. The van der Waals surface area contributed by atoms with Gasteiger partial charge in [-0.05, 0) is 99.3 Å².